The first-order valence-corrected chi connectivity index (χ1v) is 7.62. The van der Waals surface area contributed by atoms with Gasteiger partial charge in [-0.1, -0.05) is 45.0 Å². The first-order chi connectivity index (χ1) is 9.86. The summed E-state index contributed by atoms with van der Waals surface area (Å²) in [6.45, 7) is 7.85. The number of carbonyl (C=O) groups excluding carboxylic acids is 1. The van der Waals surface area contributed by atoms with Crippen LogP contribution in [0.15, 0.2) is 30.3 Å². The summed E-state index contributed by atoms with van der Waals surface area (Å²) in [5.41, 5.74) is 2.47. The van der Waals surface area contributed by atoms with Crippen LogP contribution in [-0.4, -0.2) is 35.1 Å². The number of amides is 1. The number of aliphatic hydroxyl groups excluding tert-OH is 1. The van der Waals surface area contributed by atoms with E-state index in [0.29, 0.717) is 25.9 Å². The van der Waals surface area contributed by atoms with Gasteiger partial charge in [-0.05, 0) is 35.5 Å². The van der Waals surface area contributed by atoms with Gasteiger partial charge in [0.05, 0.1) is 6.10 Å². The summed E-state index contributed by atoms with van der Waals surface area (Å²) < 4.78 is 0. The van der Waals surface area contributed by atoms with Crippen molar-refractivity contribution in [2.45, 2.75) is 45.1 Å². The van der Waals surface area contributed by atoms with Crippen LogP contribution in [0.3, 0.4) is 0 Å². The van der Waals surface area contributed by atoms with E-state index in [4.69, 9.17) is 0 Å². The molecule has 21 heavy (non-hydrogen) atoms. The Morgan fingerprint density at radius 1 is 1.19 bits per heavy atom. The van der Waals surface area contributed by atoms with Crippen LogP contribution in [0, 0.1) is 0 Å². The van der Waals surface area contributed by atoms with Gasteiger partial charge >= 0.3 is 0 Å². The summed E-state index contributed by atoms with van der Waals surface area (Å²) >= 11 is 0. The zero-order valence-electron chi connectivity index (χ0n) is 13.2. The Bertz CT molecular complexity index is 503. The fraction of sp³-hybridized carbons (Fsp3) is 0.500. The van der Waals surface area contributed by atoms with Crippen LogP contribution in [0.2, 0.25) is 0 Å². The van der Waals surface area contributed by atoms with Crippen molar-refractivity contribution in [1.82, 2.24) is 4.90 Å². The number of rotatable bonds is 2. The number of nitrogens with zero attached hydrogens (tertiary/aromatic N) is 1. The standard InChI is InChI=1S/C18H25NO2/c1-18(2,3)15-7-4-14(5-8-15)6-9-17(21)19-12-10-16(20)11-13-19/h4-9,16,20H,10-13H2,1-3H3. The highest BCUT2D eigenvalue weighted by molar-refractivity contribution is 5.91. The number of likely N-dealkylation sites (tertiary alicyclic amines) is 1. The lowest BCUT2D eigenvalue weighted by molar-refractivity contribution is -0.127. The van der Waals surface area contributed by atoms with Crippen molar-refractivity contribution < 1.29 is 9.90 Å². The Morgan fingerprint density at radius 2 is 1.76 bits per heavy atom. The largest absolute Gasteiger partial charge is 0.393 e. The van der Waals surface area contributed by atoms with E-state index >= 15 is 0 Å². The SMILES string of the molecule is CC(C)(C)c1ccc(C=CC(=O)N2CCC(O)CC2)cc1. The Balaban J connectivity index is 1.96. The summed E-state index contributed by atoms with van der Waals surface area (Å²) in [6, 6.07) is 8.32. The van der Waals surface area contributed by atoms with Crippen LogP contribution < -0.4 is 0 Å². The third-order valence-corrected chi connectivity index (χ3v) is 3.97. The second-order valence-corrected chi connectivity index (χ2v) is 6.76. The van der Waals surface area contributed by atoms with Gasteiger partial charge in [-0.25, -0.2) is 0 Å². The first-order valence-electron chi connectivity index (χ1n) is 7.62. The highest BCUT2D eigenvalue weighted by Gasteiger charge is 2.19. The number of carbonyl (C=O) groups is 1. The minimum atomic E-state index is -0.247. The number of hydrogen-bond acceptors (Lipinski definition) is 2. The van der Waals surface area contributed by atoms with Gasteiger partial charge in [-0.3, -0.25) is 4.79 Å². The molecule has 0 aromatic heterocycles. The predicted molar refractivity (Wildman–Crippen MR) is 86.0 cm³/mol. The fourth-order valence-electron chi connectivity index (χ4n) is 2.45. The molecule has 1 saturated heterocycles. The molecular formula is C18H25NO2. The lowest BCUT2D eigenvalue weighted by Crippen LogP contribution is -2.39. The van der Waals surface area contributed by atoms with Crippen molar-refractivity contribution >= 4 is 12.0 Å². The van der Waals surface area contributed by atoms with E-state index in [9.17, 15) is 9.90 Å². The molecule has 1 aliphatic rings. The third kappa shape index (κ3) is 4.43. The van der Waals surface area contributed by atoms with Crippen molar-refractivity contribution in [1.29, 1.82) is 0 Å². The zero-order valence-corrected chi connectivity index (χ0v) is 13.2. The number of aliphatic hydroxyl groups is 1. The summed E-state index contributed by atoms with van der Waals surface area (Å²) in [6.07, 6.45) is 4.60. The average molecular weight is 287 g/mol. The molecule has 2 rings (SSSR count). The topological polar surface area (TPSA) is 40.5 Å². The number of hydrogen-bond donors (Lipinski definition) is 1. The molecule has 0 bridgehead atoms. The van der Waals surface area contributed by atoms with Crippen molar-refractivity contribution in [2.75, 3.05) is 13.1 Å². The minimum absolute atomic E-state index is 0.0294. The zero-order chi connectivity index (χ0) is 15.5. The molecule has 3 heteroatoms. The van der Waals surface area contributed by atoms with Gasteiger partial charge in [0.15, 0.2) is 0 Å². The van der Waals surface area contributed by atoms with E-state index < -0.39 is 0 Å². The van der Waals surface area contributed by atoms with Gasteiger partial charge in [0.1, 0.15) is 0 Å². The minimum Gasteiger partial charge on any atom is -0.393 e. The Labute approximate surface area is 127 Å². The molecule has 1 aromatic rings. The average Bonchev–Trinajstić information content (AvgIpc) is 2.45. The molecule has 0 atom stereocenters. The monoisotopic (exact) mass is 287 g/mol. The van der Waals surface area contributed by atoms with Crippen LogP contribution in [-0.2, 0) is 10.2 Å². The molecule has 1 aromatic carbocycles. The normalized spacial score (nSPS) is 17.4. The maximum atomic E-state index is 12.1. The van der Waals surface area contributed by atoms with Crippen LogP contribution in [0.5, 0.6) is 0 Å². The van der Waals surface area contributed by atoms with Gasteiger partial charge in [0.2, 0.25) is 5.91 Å². The van der Waals surface area contributed by atoms with Gasteiger partial charge in [0, 0.05) is 19.2 Å². The second kappa shape index (κ2) is 6.44. The maximum Gasteiger partial charge on any atom is 0.246 e. The third-order valence-electron chi connectivity index (χ3n) is 3.97. The van der Waals surface area contributed by atoms with E-state index in [0.717, 1.165) is 5.56 Å². The molecule has 0 radical (unpaired) electrons. The molecule has 1 heterocycles. The predicted octanol–water partition coefficient (Wildman–Crippen LogP) is 2.98. The number of benzene rings is 1. The molecule has 1 N–H and O–H groups in total. The molecule has 0 aliphatic carbocycles. The number of piperidine rings is 1. The lowest BCUT2D eigenvalue weighted by Gasteiger charge is -2.28. The summed E-state index contributed by atoms with van der Waals surface area (Å²) in [5, 5.41) is 9.45. The Hall–Kier alpha value is -1.61. The van der Waals surface area contributed by atoms with Crippen molar-refractivity contribution in [2.24, 2.45) is 0 Å². The smallest absolute Gasteiger partial charge is 0.246 e. The van der Waals surface area contributed by atoms with Crippen molar-refractivity contribution in [3.63, 3.8) is 0 Å². The van der Waals surface area contributed by atoms with E-state index in [1.54, 1.807) is 11.0 Å². The highest BCUT2D eigenvalue weighted by Crippen LogP contribution is 2.22. The molecule has 1 amide bonds. The molecule has 0 saturated carbocycles. The lowest BCUT2D eigenvalue weighted by atomic mass is 9.87. The summed E-state index contributed by atoms with van der Waals surface area (Å²) in [4.78, 5) is 13.9. The molecular weight excluding hydrogens is 262 g/mol. The quantitative estimate of drug-likeness (QED) is 0.850. The Kier molecular flexibility index (Phi) is 4.84. The van der Waals surface area contributed by atoms with Gasteiger partial charge < -0.3 is 10.0 Å². The molecule has 114 valence electrons. The molecule has 1 aliphatic heterocycles. The molecule has 1 fully saturated rings. The van der Waals surface area contributed by atoms with Gasteiger partial charge in [-0.2, -0.15) is 0 Å². The molecule has 0 spiro atoms. The van der Waals surface area contributed by atoms with E-state index in [-0.39, 0.29) is 17.4 Å². The molecule has 0 unspecified atom stereocenters. The van der Waals surface area contributed by atoms with E-state index in [1.165, 1.54) is 5.56 Å². The maximum absolute atomic E-state index is 12.1. The van der Waals surface area contributed by atoms with E-state index in [2.05, 4.69) is 32.9 Å². The van der Waals surface area contributed by atoms with Crippen LogP contribution in [0.4, 0.5) is 0 Å². The van der Waals surface area contributed by atoms with Crippen molar-refractivity contribution in [3.8, 4) is 0 Å². The van der Waals surface area contributed by atoms with Gasteiger partial charge in [0.25, 0.3) is 0 Å². The van der Waals surface area contributed by atoms with E-state index in [1.807, 2.05) is 18.2 Å². The highest BCUT2D eigenvalue weighted by atomic mass is 16.3. The second-order valence-electron chi connectivity index (χ2n) is 6.76. The van der Waals surface area contributed by atoms with Crippen molar-refractivity contribution in [3.05, 3.63) is 41.5 Å². The summed E-state index contributed by atoms with van der Waals surface area (Å²) in [7, 11) is 0. The summed E-state index contributed by atoms with van der Waals surface area (Å²) in [5.74, 6) is 0.0294. The first kappa shape index (κ1) is 15.8. The van der Waals surface area contributed by atoms with Crippen LogP contribution in [0.25, 0.3) is 6.08 Å². The molecule has 3 nitrogen and oxygen atoms in total. The van der Waals surface area contributed by atoms with Crippen LogP contribution >= 0.6 is 0 Å². The Morgan fingerprint density at radius 3 is 2.29 bits per heavy atom. The van der Waals surface area contributed by atoms with Gasteiger partial charge in [-0.15, -0.1) is 0 Å². The van der Waals surface area contributed by atoms with Crippen LogP contribution in [0.1, 0.15) is 44.7 Å². The fourth-order valence-corrected chi connectivity index (χ4v) is 2.45.